The molecule has 0 fully saturated rings. The zero-order valence-corrected chi connectivity index (χ0v) is 20.7. The molecule has 0 aromatic heterocycles. The summed E-state index contributed by atoms with van der Waals surface area (Å²) >= 11 is -1.93. The van der Waals surface area contributed by atoms with Gasteiger partial charge in [0.2, 0.25) is 0 Å². The van der Waals surface area contributed by atoms with Crippen LogP contribution >= 0.6 is 0 Å². The van der Waals surface area contributed by atoms with Gasteiger partial charge in [0.15, 0.2) is 0 Å². The average Bonchev–Trinajstić information content (AvgIpc) is 3.13. The Morgan fingerprint density at radius 1 is 0.708 bits per heavy atom. The maximum Gasteiger partial charge on any atom is -1.00 e. The smallest absolute Gasteiger partial charge is 1.00 e. The van der Waals surface area contributed by atoms with Crippen LogP contribution in [0.5, 0.6) is 0 Å². The first-order valence-electron chi connectivity index (χ1n) is 8.16. The molecule has 0 amide bonds. The van der Waals surface area contributed by atoms with Crippen molar-refractivity contribution < 1.29 is 49.9 Å². The standard InChI is InChI=1S/2C9H7.C2H7Si.2ClH.U/c2*1-2-5-9-7-3-6-8(9)4-1;1-3-2;;;/h2*1-7H;3H,1-2H3;2*1H;/q;;;;;+2/p-2. The Hall–Kier alpha value is -0.231. The second-order valence-electron chi connectivity index (χ2n) is 6.59. The summed E-state index contributed by atoms with van der Waals surface area (Å²) in [6.07, 6.45) is 9.88. The van der Waals surface area contributed by atoms with Gasteiger partial charge in [-0.1, -0.05) is 0 Å². The molecule has 2 atom stereocenters. The van der Waals surface area contributed by atoms with E-state index in [0.29, 0.717) is 0 Å². The van der Waals surface area contributed by atoms with Crippen molar-refractivity contribution in [3.63, 3.8) is 0 Å². The molecule has 2 aromatic rings. The summed E-state index contributed by atoms with van der Waals surface area (Å²) < 4.78 is 1.62. The second kappa shape index (κ2) is 8.43. The van der Waals surface area contributed by atoms with Crippen molar-refractivity contribution in [1.29, 1.82) is 0 Å². The maximum absolute atomic E-state index is 2.61. The SMILES string of the molecule is C[SiH](C)[U+2]([CH]1C=Cc2ccccc21)[CH]1C=Cc2ccccc21.[Cl-].[Cl-]. The molecule has 4 rings (SSSR count). The molecule has 2 aromatic carbocycles. The molecule has 0 N–H and O–H groups in total. The summed E-state index contributed by atoms with van der Waals surface area (Å²) in [6.45, 7) is 5.21. The summed E-state index contributed by atoms with van der Waals surface area (Å²) in [5.41, 5.74) is 6.21. The van der Waals surface area contributed by atoms with Gasteiger partial charge in [0, 0.05) is 0 Å². The molecule has 0 aliphatic heterocycles. The Bertz CT molecular complexity index is 708. The molecule has 2 aliphatic carbocycles. The van der Waals surface area contributed by atoms with Crippen LogP contribution in [0.15, 0.2) is 60.7 Å². The minimum atomic E-state index is -1.93. The average molecular weight is 598 g/mol. The summed E-state index contributed by atoms with van der Waals surface area (Å²) in [5.74, 6) is 0. The predicted molar refractivity (Wildman–Crippen MR) is 95.3 cm³/mol. The molecular formula is C20H21Cl2SiU. The number of rotatable bonds is 3. The van der Waals surface area contributed by atoms with E-state index in [1.165, 1.54) is 11.1 Å². The van der Waals surface area contributed by atoms with Crippen LogP contribution in [0.25, 0.3) is 12.2 Å². The van der Waals surface area contributed by atoms with Crippen LogP contribution in [-0.4, -0.2) is 5.09 Å². The zero-order chi connectivity index (χ0) is 15.1. The van der Waals surface area contributed by atoms with Crippen molar-refractivity contribution in [3.8, 4) is 0 Å². The zero-order valence-electron chi connectivity index (χ0n) is 13.9. The molecule has 0 nitrogen and oxygen atoms in total. The van der Waals surface area contributed by atoms with Crippen LogP contribution < -0.4 is 24.8 Å². The molecule has 0 heterocycles. The summed E-state index contributed by atoms with van der Waals surface area (Å²) in [4.78, 5) is 0. The molecule has 0 saturated carbocycles. The molecule has 0 radical (unpaired) electrons. The number of hydrogen-bond acceptors (Lipinski definition) is 0. The van der Waals surface area contributed by atoms with Gasteiger partial charge in [0.05, 0.1) is 0 Å². The predicted octanol–water partition coefficient (Wildman–Crippen LogP) is -0.865. The van der Waals surface area contributed by atoms with E-state index >= 15 is 0 Å². The fraction of sp³-hybridized carbons (Fsp3) is 0.200. The number of allylic oxidation sites excluding steroid dienone is 2. The molecular weight excluding hydrogens is 577 g/mol. The molecule has 123 valence electrons. The Morgan fingerprint density at radius 2 is 1.12 bits per heavy atom. The van der Waals surface area contributed by atoms with Crippen LogP contribution in [-0.2, 0) is 0 Å². The third-order valence-electron chi connectivity index (χ3n) is 4.98. The third-order valence-corrected chi connectivity index (χ3v) is 39.8. The second-order valence-corrected chi connectivity index (χ2v) is 38.9. The summed E-state index contributed by atoms with van der Waals surface area (Å²) in [5, 5.41) is -0.589. The minimum absolute atomic E-state index is 0. The fourth-order valence-electron chi connectivity index (χ4n) is 3.99. The molecule has 4 heteroatoms. The molecule has 2 unspecified atom stereocenters. The van der Waals surface area contributed by atoms with Crippen molar-refractivity contribution >= 4 is 17.2 Å². The van der Waals surface area contributed by atoms with Gasteiger partial charge in [-0.25, -0.2) is 0 Å². The first-order chi connectivity index (χ1) is 10.8. The number of fused-ring (bicyclic) bond motifs is 2. The van der Waals surface area contributed by atoms with Crippen molar-refractivity contribution in [3.05, 3.63) is 82.9 Å². The molecule has 0 bridgehead atoms. The van der Waals surface area contributed by atoms with E-state index < -0.39 is 30.2 Å². The Balaban J connectivity index is 0.00000104. The van der Waals surface area contributed by atoms with Gasteiger partial charge in [-0.2, -0.15) is 0 Å². The first kappa shape index (κ1) is 20.1. The molecule has 0 saturated heterocycles. The van der Waals surface area contributed by atoms with Crippen LogP contribution in [0.4, 0.5) is 0 Å². The van der Waals surface area contributed by atoms with E-state index in [1.54, 1.807) is 11.1 Å². The van der Waals surface area contributed by atoms with E-state index in [-0.39, 0.29) is 24.8 Å². The van der Waals surface area contributed by atoms with Crippen LogP contribution in [0, 0.1) is 25.1 Å². The summed E-state index contributed by atoms with van der Waals surface area (Å²) in [7, 11) is 0. The van der Waals surface area contributed by atoms with Gasteiger partial charge in [-0.15, -0.1) is 0 Å². The first-order valence-corrected chi connectivity index (χ1v) is 23.1. The largest absolute Gasteiger partial charge is 1.00 e. The van der Waals surface area contributed by atoms with Gasteiger partial charge in [-0.05, 0) is 0 Å². The van der Waals surface area contributed by atoms with E-state index in [9.17, 15) is 0 Å². The van der Waals surface area contributed by atoms with Gasteiger partial charge in [0.25, 0.3) is 0 Å². The van der Waals surface area contributed by atoms with E-state index in [4.69, 9.17) is 0 Å². The summed E-state index contributed by atoms with van der Waals surface area (Å²) in [6, 6.07) is 18.1. The van der Waals surface area contributed by atoms with Crippen molar-refractivity contribution in [2.45, 2.75) is 19.0 Å². The Kier molecular flexibility index (Phi) is 7.06. The topological polar surface area (TPSA) is 0 Å². The van der Waals surface area contributed by atoms with Gasteiger partial charge in [0.1, 0.15) is 0 Å². The number of hydrogen-bond donors (Lipinski definition) is 0. The molecule has 0 spiro atoms. The quantitative estimate of drug-likeness (QED) is 0.404. The van der Waals surface area contributed by atoms with Crippen molar-refractivity contribution in [1.82, 2.24) is 0 Å². The van der Waals surface area contributed by atoms with Gasteiger partial charge >= 0.3 is 144 Å². The normalized spacial score (nSPS) is 19.5. The Morgan fingerprint density at radius 3 is 1.54 bits per heavy atom. The van der Waals surface area contributed by atoms with E-state index in [0.717, 1.165) is 5.90 Å². The fourth-order valence-corrected chi connectivity index (χ4v) is 38.2. The van der Waals surface area contributed by atoms with Crippen molar-refractivity contribution in [2.24, 2.45) is 0 Å². The van der Waals surface area contributed by atoms with E-state index in [1.807, 2.05) is 0 Å². The molecule has 24 heavy (non-hydrogen) atoms. The minimum Gasteiger partial charge on any atom is -1.00 e. The van der Waals surface area contributed by atoms with Crippen LogP contribution in [0.1, 0.15) is 28.2 Å². The van der Waals surface area contributed by atoms with Gasteiger partial charge in [-0.3, -0.25) is 0 Å². The van der Waals surface area contributed by atoms with Crippen LogP contribution in [0.3, 0.4) is 0 Å². The van der Waals surface area contributed by atoms with Crippen molar-refractivity contribution in [2.75, 3.05) is 0 Å². The monoisotopic (exact) mass is 597 g/mol. The third kappa shape index (κ3) is 3.50. The maximum atomic E-state index is 2.61. The van der Waals surface area contributed by atoms with Crippen LogP contribution in [0.2, 0.25) is 13.1 Å². The molecule has 2 aliphatic rings. The van der Waals surface area contributed by atoms with E-state index in [2.05, 4.69) is 85.9 Å². The Labute approximate surface area is 167 Å². The number of benzene rings is 2. The number of halogens is 2. The van der Waals surface area contributed by atoms with Gasteiger partial charge < -0.3 is 24.8 Å².